The summed E-state index contributed by atoms with van der Waals surface area (Å²) in [6.07, 6.45) is -2.69. The maximum Gasteiger partial charge on any atom is 0.346 e. The molecule has 0 amide bonds. The van der Waals surface area contributed by atoms with Crippen LogP contribution in [0.3, 0.4) is 0 Å². The molecule has 2 unspecified atom stereocenters. The number of hydrogen-bond acceptors (Lipinski definition) is 5. The zero-order valence-electron chi connectivity index (χ0n) is 8.02. The highest BCUT2D eigenvalue weighted by atomic mass is 32.1. The molecule has 8 heteroatoms. The number of aromatic carboxylic acids is 1. The van der Waals surface area contributed by atoms with Crippen LogP contribution in [0.5, 0.6) is 0 Å². The van der Waals surface area contributed by atoms with Gasteiger partial charge in [-0.05, 0) is 17.0 Å². The number of carboxylic acid groups (broad SMARTS) is 1. The fourth-order valence-electron chi connectivity index (χ4n) is 1.15. The molecule has 0 spiro atoms. The van der Waals surface area contributed by atoms with Crippen molar-refractivity contribution < 1.29 is 20.1 Å². The van der Waals surface area contributed by atoms with E-state index in [9.17, 15) is 15.0 Å². The number of hydrogen-bond donors (Lipinski definition) is 3. The van der Waals surface area contributed by atoms with E-state index in [1.165, 1.54) is 11.4 Å². The Balaban J connectivity index is 2.86. The molecular weight excluding hydrogens is 234 g/mol. The third-order valence-corrected chi connectivity index (χ3v) is 2.82. The van der Waals surface area contributed by atoms with Gasteiger partial charge in [0.2, 0.25) is 0 Å². The molecule has 1 aromatic heterocycles. The summed E-state index contributed by atoms with van der Waals surface area (Å²) in [7, 11) is 0. The lowest BCUT2D eigenvalue weighted by Crippen LogP contribution is -2.22. The predicted octanol–water partition coefficient (Wildman–Crippen LogP) is 1.15. The van der Waals surface area contributed by atoms with Crippen LogP contribution >= 0.6 is 11.3 Å². The molecule has 1 rings (SSSR count). The van der Waals surface area contributed by atoms with Crippen molar-refractivity contribution >= 4 is 17.3 Å². The van der Waals surface area contributed by atoms with Gasteiger partial charge in [-0.15, -0.1) is 11.3 Å². The van der Waals surface area contributed by atoms with E-state index in [0.29, 0.717) is 0 Å². The van der Waals surface area contributed by atoms with Crippen LogP contribution in [0.4, 0.5) is 0 Å². The van der Waals surface area contributed by atoms with Crippen LogP contribution in [0.2, 0.25) is 0 Å². The fraction of sp³-hybridized carbons (Fsp3) is 0.375. The Morgan fingerprint density at radius 1 is 1.62 bits per heavy atom. The third-order valence-electron chi connectivity index (χ3n) is 1.90. The molecule has 7 nitrogen and oxygen atoms in total. The molecule has 0 aliphatic heterocycles. The predicted molar refractivity (Wildman–Crippen MR) is 56.3 cm³/mol. The molecule has 1 aromatic rings. The molecule has 1 heterocycles. The van der Waals surface area contributed by atoms with Crippen molar-refractivity contribution in [2.75, 3.05) is 6.54 Å². The maximum atomic E-state index is 10.8. The van der Waals surface area contributed by atoms with Gasteiger partial charge in [-0.25, -0.2) is 4.79 Å². The largest absolute Gasteiger partial charge is 0.477 e. The van der Waals surface area contributed by atoms with Gasteiger partial charge in [0.05, 0.1) is 12.6 Å². The number of aliphatic hydroxyl groups is 2. The van der Waals surface area contributed by atoms with E-state index < -0.39 is 18.2 Å². The van der Waals surface area contributed by atoms with Crippen molar-refractivity contribution in [2.24, 2.45) is 5.11 Å². The number of aliphatic hydroxyl groups excluding tert-OH is 2. The normalized spacial score (nSPS) is 13.9. The van der Waals surface area contributed by atoms with E-state index in [1.54, 1.807) is 0 Å². The molecular formula is C8H9N3O4S. The Morgan fingerprint density at radius 3 is 2.88 bits per heavy atom. The summed E-state index contributed by atoms with van der Waals surface area (Å²) in [5.74, 6) is -1.17. The summed E-state index contributed by atoms with van der Waals surface area (Å²) in [6, 6.07) is 1.41. The van der Waals surface area contributed by atoms with Crippen molar-refractivity contribution in [1.82, 2.24) is 0 Å². The maximum absolute atomic E-state index is 10.8. The molecule has 0 radical (unpaired) electrons. The molecule has 0 saturated heterocycles. The van der Waals surface area contributed by atoms with E-state index in [-0.39, 0.29) is 17.0 Å². The minimum atomic E-state index is -1.37. The molecule has 3 N–H and O–H groups in total. The van der Waals surface area contributed by atoms with Crippen LogP contribution in [0.25, 0.3) is 10.4 Å². The summed E-state index contributed by atoms with van der Waals surface area (Å²) in [5.41, 5.74) is 8.17. The van der Waals surface area contributed by atoms with Crippen molar-refractivity contribution in [3.63, 3.8) is 0 Å². The molecule has 0 aliphatic carbocycles. The van der Waals surface area contributed by atoms with Gasteiger partial charge >= 0.3 is 5.97 Å². The summed E-state index contributed by atoms with van der Waals surface area (Å²) in [6.45, 7) is -0.313. The monoisotopic (exact) mass is 243 g/mol. The van der Waals surface area contributed by atoms with Gasteiger partial charge in [0, 0.05) is 10.5 Å². The second-order valence-electron chi connectivity index (χ2n) is 2.94. The molecule has 16 heavy (non-hydrogen) atoms. The van der Waals surface area contributed by atoms with Gasteiger partial charge < -0.3 is 15.3 Å². The van der Waals surface area contributed by atoms with E-state index in [2.05, 4.69) is 10.0 Å². The number of nitrogens with zero attached hydrogens (tertiary/aromatic N) is 3. The molecule has 0 bridgehead atoms. The number of azide groups is 1. The average molecular weight is 243 g/mol. The van der Waals surface area contributed by atoms with Crippen LogP contribution in [0.1, 0.15) is 21.3 Å². The number of thiophene rings is 1. The smallest absolute Gasteiger partial charge is 0.346 e. The van der Waals surface area contributed by atoms with Crippen molar-refractivity contribution in [3.8, 4) is 0 Å². The second kappa shape index (κ2) is 5.47. The quantitative estimate of drug-likeness (QED) is 0.407. The first kappa shape index (κ1) is 12.5. The summed E-state index contributed by atoms with van der Waals surface area (Å²) >= 11 is 0.953. The lowest BCUT2D eigenvalue weighted by atomic mass is 10.1. The van der Waals surface area contributed by atoms with E-state index in [0.717, 1.165) is 11.3 Å². The standard InChI is InChI=1S/C8H9N3O4S/c9-11-10-3-5(12)6(13)4-1-2-16-7(4)8(14)15/h1-2,5-6,12-13H,3H2,(H,14,15). The topological polar surface area (TPSA) is 127 Å². The highest BCUT2D eigenvalue weighted by Crippen LogP contribution is 2.26. The molecule has 0 saturated carbocycles. The minimum absolute atomic E-state index is 0.0347. The SMILES string of the molecule is [N-]=[N+]=NCC(O)C(O)c1ccsc1C(=O)O. The summed E-state index contributed by atoms with van der Waals surface area (Å²) in [4.78, 5) is 13.2. The molecule has 2 atom stereocenters. The summed E-state index contributed by atoms with van der Waals surface area (Å²) < 4.78 is 0. The molecule has 86 valence electrons. The van der Waals surface area contributed by atoms with Crippen molar-refractivity contribution in [3.05, 3.63) is 32.3 Å². The first-order chi connectivity index (χ1) is 7.57. The van der Waals surface area contributed by atoms with Crippen LogP contribution in [0.15, 0.2) is 16.6 Å². The fourth-order valence-corrected chi connectivity index (χ4v) is 1.93. The summed E-state index contributed by atoms with van der Waals surface area (Å²) in [5, 5.41) is 32.5. The first-order valence-electron chi connectivity index (χ1n) is 4.25. The zero-order valence-corrected chi connectivity index (χ0v) is 8.83. The Hall–Kier alpha value is -1.60. The number of carboxylic acids is 1. The number of rotatable bonds is 5. The van der Waals surface area contributed by atoms with Gasteiger partial charge in [-0.3, -0.25) is 0 Å². The average Bonchev–Trinajstić information content (AvgIpc) is 2.73. The van der Waals surface area contributed by atoms with E-state index in [1.807, 2.05) is 0 Å². The second-order valence-corrected chi connectivity index (χ2v) is 3.85. The van der Waals surface area contributed by atoms with Crippen molar-refractivity contribution in [1.29, 1.82) is 0 Å². The van der Waals surface area contributed by atoms with Crippen LogP contribution in [-0.2, 0) is 0 Å². The molecule has 0 aromatic carbocycles. The highest BCUT2D eigenvalue weighted by molar-refractivity contribution is 7.12. The van der Waals surface area contributed by atoms with Crippen LogP contribution < -0.4 is 0 Å². The first-order valence-corrected chi connectivity index (χ1v) is 5.13. The van der Waals surface area contributed by atoms with Crippen molar-refractivity contribution in [2.45, 2.75) is 12.2 Å². The van der Waals surface area contributed by atoms with Crippen LogP contribution in [0, 0.1) is 0 Å². The number of carbonyl (C=O) groups is 1. The Labute approximate surface area is 94.2 Å². The Kier molecular flexibility index (Phi) is 4.27. The van der Waals surface area contributed by atoms with E-state index in [4.69, 9.17) is 10.6 Å². The van der Waals surface area contributed by atoms with E-state index >= 15 is 0 Å². The third kappa shape index (κ3) is 2.71. The lowest BCUT2D eigenvalue weighted by molar-refractivity contribution is 0.0236. The Bertz CT molecular complexity index is 427. The van der Waals surface area contributed by atoms with Gasteiger partial charge in [0.25, 0.3) is 0 Å². The minimum Gasteiger partial charge on any atom is -0.477 e. The van der Waals surface area contributed by atoms with Gasteiger partial charge in [0.15, 0.2) is 0 Å². The zero-order chi connectivity index (χ0) is 12.1. The highest BCUT2D eigenvalue weighted by Gasteiger charge is 2.24. The molecule has 0 fully saturated rings. The lowest BCUT2D eigenvalue weighted by Gasteiger charge is -2.15. The van der Waals surface area contributed by atoms with Crippen LogP contribution in [-0.4, -0.2) is 33.9 Å². The Morgan fingerprint density at radius 2 is 2.31 bits per heavy atom. The van der Waals surface area contributed by atoms with Gasteiger partial charge in [-0.1, -0.05) is 5.11 Å². The van der Waals surface area contributed by atoms with Gasteiger partial charge in [-0.2, -0.15) is 0 Å². The molecule has 0 aliphatic rings. The van der Waals surface area contributed by atoms with Gasteiger partial charge in [0.1, 0.15) is 11.0 Å².